The monoisotopic (exact) mass is 356 g/mol. The second kappa shape index (κ2) is 11.7. The highest BCUT2D eigenvalue weighted by molar-refractivity contribution is 5.64. The molecule has 3 nitrogen and oxygen atoms in total. The standard InChI is InChI=1S/C23H32O3/c1-2-3-4-5-6-7-16-26-23-14-12-20(13-15-23)19-8-10-21(11-9-19)22(17-24)18-25/h8-15,22,24-25H,2-7,16-18H2,1H3. The van der Waals surface area contributed by atoms with E-state index in [0.29, 0.717) is 0 Å². The van der Waals surface area contributed by atoms with Crippen LogP contribution < -0.4 is 4.74 Å². The van der Waals surface area contributed by atoms with Crippen molar-refractivity contribution < 1.29 is 14.9 Å². The molecule has 0 aliphatic heterocycles. The first-order valence-corrected chi connectivity index (χ1v) is 9.83. The van der Waals surface area contributed by atoms with Crippen molar-refractivity contribution in [3.63, 3.8) is 0 Å². The summed E-state index contributed by atoms with van der Waals surface area (Å²) in [5.41, 5.74) is 3.21. The van der Waals surface area contributed by atoms with Gasteiger partial charge in [-0.2, -0.15) is 0 Å². The fourth-order valence-electron chi connectivity index (χ4n) is 3.03. The molecule has 0 saturated heterocycles. The molecule has 0 bridgehead atoms. The van der Waals surface area contributed by atoms with Crippen molar-refractivity contribution in [2.24, 2.45) is 0 Å². The zero-order chi connectivity index (χ0) is 18.6. The predicted octanol–water partition coefficient (Wildman–Crippen LogP) is 5.16. The van der Waals surface area contributed by atoms with E-state index >= 15 is 0 Å². The minimum atomic E-state index is -0.207. The van der Waals surface area contributed by atoms with Crippen molar-refractivity contribution in [1.82, 2.24) is 0 Å². The smallest absolute Gasteiger partial charge is 0.119 e. The van der Waals surface area contributed by atoms with E-state index in [-0.39, 0.29) is 19.1 Å². The summed E-state index contributed by atoms with van der Waals surface area (Å²) in [7, 11) is 0. The van der Waals surface area contributed by atoms with Gasteiger partial charge in [-0.1, -0.05) is 75.4 Å². The van der Waals surface area contributed by atoms with E-state index < -0.39 is 0 Å². The Bertz CT molecular complexity index is 600. The van der Waals surface area contributed by atoms with Crippen molar-refractivity contribution >= 4 is 0 Å². The molecule has 2 N–H and O–H groups in total. The second-order valence-electron chi connectivity index (χ2n) is 6.82. The van der Waals surface area contributed by atoms with Gasteiger partial charge in [-0.25, -0.2) is 0 Å². The lowest BCUT2D eigenvalue weighted by Crippen LogP contribution is -2.08. The van der Waals surface area contributed by atoms with Crippen LogP contribution in [0.5, 0.6) is 5.75 Å². The summed E-state index contributed by atoms with van der Waals surface area (Å²) < 4.78 is 5.83. The molecule has 2 rings (SSSR count). The van der Waals surface area contributed by atoms with Crippen LogP contribution in [0, 0.1) is 0 Å². The quantitative estimate of drug-likeness (QED) is 0.516. The van der Waals surface area contributed by atoms with Crippen molar-refractivity contribution in [2.45, 2.75) is 51.4 Å². The van der Waals surface area contributed by atoms with E-state index in [9.17, 15) is 10.2 Å². The van der Waals surface area contributed by atoms with Gasteiger partial charge >= 0.3 is 0 Å². The number of hydrogen-bond donors (Lipinski definition) is 2. The molecule has 0 aromatic heterocycles. The molecule has 0 saturated carbocycles. The van der Waals surface area contributed by atoms with Crippen LogP contribution in [0.2, 0.25) is 0 Å². The third-order valence-electron chi connectivity index (χ3n) is 4.78. The average molecular weight is 357 g/mol. The normalized spacial score (nSPS) is 11.1. The van der Waals surface area contributed by atoms with Gasteiger partial charge in [0.2, 0.25) is 0 Å². The number of unbranched alkanes of at least 4 members (excludes halogenated alkanes) is 5. The van der Waals surface area contributed by atoms with Gasteiger partial charge in [0.05, 0.1) is 19.8 Å². The van der Waals surface area contributed by atoms with Crippen LogP contribution in [0.15, 0.2) is 48.5 Å². The fourth-order valence-corrected chi connectivity index (χ4v) is 3.03. The molecule has 3 heteroatoms. The molecule has 2 aromatic carbocycles. The van der Waals surface area contributed by atoms with Gasteiger partial charge in [0.15, 0.2) is 0 Å². The van der Waals surface area contributed by atoms with E-state index in [1.54, 1.807) is 0 Å². The van der Waals surface area contributed by atoms with Gasteiger partial charge in [0.1, 0.15) is 5.75 Å². The molecule has 0 spiro atoms. The maximum Gasteiger partial charge on any atom is 0.119 e. The molecule has 26 heavy (non-hydrogen) atoms. The lowest BCUT2D eigenvalue weighted by molar-refractivity contribution is 0.192. The first kappa shape index (κ1) is 20.5. The molecule has 0 unspecified atom stereocenters. The predicted molar refractivity (Wildman–Crippen MR) is 108 cm³/mol. The van der Waals surface area contributed by atoms with Crippen LogP contribution in [0.4, 0.5) is 0 Å². The third kappa shape index (κ3) is 6.47. The SMILES string of the molecule is CCCCCCCCOc1ccc(-c2ccc(C(CO)CO)cc2)cc1. The Morgan fingerprint density at radius 2 is 1.27 bits per heavy atom. The highest BCUT2D eigenvalue weighted by Crippen LogP contribution is 2.25. The maximum atomic E-state index is 9.26. The third-order valence-corrected chi connectivity index (χ3v) is 4.78. The number of aliphatic hydroxyl groups is 2. The van der Waals surface area contributed by atoms with E-state index in [1.165, 1.54) is 32.1 Å². The second-order valence-corrected chi connectivity index (χ2v) is 6.82. The summed E-state index contributed by atoms with van der Waals surface area (Å²) in [6.07, 6.45) is 7.62. The zero-order valence-corrected chi connectivity index (χ0v) is 15.9. The van der Waals surface area contributed by atoms with Crippen molar-refractivity contribution in [1.29, 1.82) is 0 Å². The van der Waals surface area contributed by atoms with Crippen LogP contribution in [0.1, 0.15) is 56.9 Å². The summed E-state index contributed by atoms with van der Waals surface area (Å²) >= 11 is 0. The van der Waals surface area contributed by atoms with Gasteiger partial charge in [-0.15, -0.1) is 0 Å². The fraction of sp³-hybridized carbons (Fsp3) is 0.478. The van der Waals surface area contributed by atoms with Gasteiger partial charge in [0.25, 0.3) is 0 Å². The highest BCUT2D eigenvalue weighted by atomic mass is 16.5. The number of benzene rings is 2. The van der Waals surface area contributed by atoms with Crippen molar-refractivity contribution in [2.75, 3.05) is 19.8 Å². The van der Waals surface area contributed by atoms with Crippen LogP contribution in [-0.4, -0.2) is 30.0 Å². The van der Waals surface area contributed by atoms with Gasteiger partial charge in [0, 0.05) is 5.92 Å². The Balaban J connectivity index is 1.81. The largest absolute Gasteiger partial charge is 0.494 e. The van der Waals surface area contributed by atoms with Gasteiger partial charge in [-0.05, 0) is 35.2 Å². The molecule has 142 valence electrons. The van der Waals surface area contributed by atoms with Crippen LogP contribution in [0.3, 0.4) is 0 Å². The number of ether oxygens (including phenoxy) is 1. The van der Waals surface area contributed by atoms with Crippen LogP contribution in [-0.2, 0) is 0 Å². The number of rotatable bonds is 12. The Kier molecular flexibility index (Phi) is 9.22. The van der Waals surface area contributed by atoms with E-state index in [0.717, 1.165) is 35.5 Å². The van der Waals surface area contributed by atoms with Gasteiger partial charge in [-0.3, -0.25) is 0 Å². The zero-order valence-electron chi connectivity index (χ0n) is 15.9. The van der Waals surface area contributed by atoms with E-state index in [2.05, 4.69) is 19.1 Å². The molecular weight excluding hydrogens is 324 g/mol. The highest BCUT2D eigenvalue weighted by Gasteiger charge is 2.09. The summed E-state index contributed by atoms with van der Waals surface area (Å²) in [5.74, 6) is 0.710. The van der Waals surface area contributed by atoms with Crippen molar-refractivity contribution in [3.05, 3.63) is 54.1 Å². The Hall–Kier alpha value is -1.84. The molecule has 0 aliphatic rings. The number of hydrogen-bond acceptors (Lipinski definition) is 3. The van der Waals surface area contributed by atoms with Crippen LogP contribution >= 0.6 is 0 Å². The topological polar surface area (TPSA) is 49.7 Å². The molecule has 2 aromatic rings. The Labute approximate surface area is 157 Å². The lowest BCUT2D eigenvalue weighted by Gasteiger charge is -2.12. The molecule has 0 fully saturated rings. The van der Waals surface area contributed by atoms with E-state index in [1.807, 2.05) is 36.4 Å². The minimum absolute atomic E-state index is 0.0412. The summed E-state index contributed by atoms with van der Waals surface area (Å²) in [4.78, 5) is 0. The Morgan fingerprint density at radius 1 is 0.731 bits per heavy atom. The summed E-state index contributed by atoms with van der Waals surface area (Å²) in [5, 5.41) is 18.5. The average Bonchev–Trinajstić information content (AvgIpc) is 2.69. The summed E-state index contributed by atoms with van der Waals surface area (Å²) in [6, 6.07) is 16.2. The molecule has 0 atom stereocenters. The first-order chi connectivity index (χ1) is 12.8. The molecular formula is C23H32O3. The Morgan fingerprint density at radius 3 is 1.85 bits per heavy atom. The maximum absolute atomic E-state index is 9.26. The summed E-state index contributed by atoms with van der Waals surface area (Å²) in [6.45, 7) is 2.94. The first-order valence-electron chi connectivity index (χ1n) is 9.83. The minimum Gasteiger partial charge on any atom is -0.494 e. The lowest BCUT2D eigenvalue weighted by atomic mass is 9.97. The molecule has 0 aliphatic carbocycles. The van der Waals surface area contributed by atoms with Crippen molar-refractivity contribution in [3.8, 4) is 16.9 Å². The van der Waals surface area contributed by atoms with E-state index in [4.69, 9.17) is 4.74 Å². The molecule has 0 amide bonds. The van der Waals surface area contributed by atoms with Crippen LogP contribution in [0.25, 0.3) is 11.1 Å². The van der Waals surface area contributed by atoms with Gasteiger partial charge < -0.3 is 14.9 Å². The number of aliphatic hydroxyl groups excluding tert-OH is 2. The molecule has 0 heterocycles. The molecule has 0 radical (unpaired) electrons.